The summed E-state index contributed by atoms with van der Waals surface area (Å²) in [5.41, 5.74) is 4.52. The number of fused-ring (bicyclic) bond motifs is 1. The number of hydrogen-bond acceptors (Lipinski definition) is 4. The molecule has 0 bridgehead atoms. The number of hydrogen-bond donors (Lipinski definition) is 1. The summed E-state index contributed by atoms with van der Waals surface area (Å²) in [4.78, 5) is 13.9. The third kappa shape index (κ3) is 3.96. The summed E-state index contributed by atoms with van der Waals surface area (Å²) >= 11 is 1.43. The standard InChI is InChI=1S/C19H22N4OS/c1-3-4-5-9-12-20-21-18(24)17-13-16-14(2)22-23(19(16)25-17)15-10-7-6-8-11-15/h6-8,10-13H,3-5,9H2,1-2H3,(H,21,24)/b20-12+. The lowest BCUT2D eigenvalue weighted by molar-refractivity contribution is 0.0959. The van der Waals surface area contributed by atoms with Gasteiger partial charge >= 0.3 is 0 Å². The number of aryl methyl sites for hydroxylation is 1. The molecule has 0 spiro atoms. The third-order valence-corrected chi connectivity index (χ3v) is 5.07. The van der Waals surface area contributed by atoms with Crippen LogP contribution in [-0.4, -0.2) is 21.9 Å². The van der Waals surface area contributed by atoms with E-state index in [1.807, 2.05) is 48.0 Å². The van der Waals surface area contributed by atoms with Crippen LogP contribution in [0.4, 0.5) is 0 Å². The van der Waals surface area contributed by atoms with Crippen molar-refractivity contribution in [3.05, 3.63) is 47.0 Å². The van der Waals surface area contributed by atoms with Gasteiger partial charge in [0.25, 0.3) is 5.91 Å². The molecule has 3 rings (SSSR count). The number of unbranched alkanes of at least 4 members (excludes halogenated alkanes) is 3. The Morgan fingerprint density at radius 3 is 2.88 bits per heavy atom. The van der Waals surface area contributed by atoms with E-state index in [9.17, 15) is 4.79 Å². The molecule has 0 aliphatic carbocycles. The van der Waals surface area contributed by atoms with E-state index in [0.29, 0.717) is 4.88 Å². The summed E-state index contributed by atoms with van der Waals surface area (Å²) in [5, 5.41) is 9.63. The van der Waals surface area contributed by atoms with Crippen molar-refractivity contribution in [3.8, 4) is 5.69 Å². The number of amides is 1. The minimum absolute atomic E-state index is 0.174. The number of hydrazone groups is 1. The van der Waals surface area contributed by atoms with Crippen molar-refractivity contribution in [2.75, 3.05) is 0 Å². The van der Waals surface area contributed by atoms with E-state index in [4.69, 9.17) is 0 Å². The minimum Gasteiger partial charge on any atom is -0.266 e. The van der Waals surface area contributed by atoms with Crippen molar-refractivity contribution in [1.29, 1.82) is 0 Å². The Morgan fingerprint density at radius 1 is 1.32 bits per heavy atom. The second kappa shape index (κ2) is 8.07. The van der Waals surface area contributed by atoms with E-state index < -0.39 is 0 Å². The number of rotatable bonds is 7. The van der Waals surface area contributed by atoms with Gasteiger partial charge in [-0.15, -0.1) is 11.3 Å². The topological polar surface area (TPSA) is 59.3 Å². The molecule has 2 aromatic heterocycles. The number of carbonyl (C=O) groups is 1. The summed E-state index contributed by atoms with van der Waals surface area (Å²) in [7, 11) is 0. The maximum Gasteiger partial charge on any atom is 0.281 e. The fourth-order valence-corrected chi connectivity index (χ4v) is 3.69. The first kappa shape index (κ1) is 17.4. The number of para-hydroxylation sites is 1. The normalized spacial score (nSPS) is 11.4. The van der Waals surface area contributed by atoms with E-state index in [0.717, 1.165) is 34.4 Å². The highest BCUT2D eigenvalue weighted by molar-refractivity contribution is 7.20. The summed E-state index contributed by atoms with van der Waals surface area (Å²) in [5.74, 6) is -0.174. The Bertz CT molecular complexity index is 880. The number of carbonyl (C=O) groups excluding carboxylic acids is 1. The lowest BCUT2D eigenvalue weighted by Crippen LogP contribution is -2.16. The number of nitrogens with zero attached hydrogens (tertiary/aromatic N) is 3. The Kier molecular flexibility index (Phi) is 5.60. The first-order chi connectivity index (χ1) is 12.2. The highest BCUT2D eigenvalue weighted by atomic mass is 32.1. The van der Waals surface area contributed by atoms with Gasteiger partial charge < -0.3 is 0 Å². The number of nitrogens with one attached hydrogen (secondary N) is 1. The van der Waals surface area contributed by atoms with Crippen LogP contribution < -0.4 is 5.43 Å². The lowest BCUT2D eigenvalue weighted by Gasteiger charge is -2.01. The third-order valence-electron chi connectivity index (χ3n) is 3.96. The van der Waals surface area contributed by atoms with Gasteiger partial charge in [0, 0.05) is 11.6 Å². The molecular weight excluding hydrogens is 332 g/mol. The van der Waals surface area contributed by atoms with Crippen molar-refractivity contribution >= 4 is 33.7 Å². The maximum absolute atomic E-state index is 12.3. The predicted molar refractivity (Wildman–Crippen MR) is 104 cm³/mol. The molecule has 0 radical (unpaired) electrons. The quantitative estimate of drug-likeness (QED) is 0.380. The summed E-state index contributed by atoms with van der Waals surface area (Å²) in [6, 6.07) is 11.8. The first-order valence-corrected chi connectivity index (χ1v) is 9.38. The second-order valence-corrected chi connectivity index (χ2v) is 6.94. The molecule has 6 heteroatoms. The Balaban J connectivity index is 1.76. The molecule has 1 amide bonds. The van der Waals surface area contributed by atoms with Gasteiger partial charge in [0.1, 0.15) is 4.83 Å². The van der Waals surface area contributed by atoms with Gasteiger partial charge in [-0.05, 0) is 38.0 Å². The number of aromatic nitrogens is 2. The van der Waals surface area contributed by atoms with Crippen LogP contribution in [0, 0.1) is 6.92 Å². The first-order valence-electron chi connectivity index (χ1n) is 8.57. The van der Waals surface area contributed by atoms with E-state index in [1.54, 1.807) is 6.21 Å². The zero-order chi connectivity index (χ0) is 17.6. The molecule has 0 saturated heterocycles. The van der Waals surface area contributed by atoms with E-state index in [-0.39, 0.29) is 5.91 Å². The Labute approximate surface area is 151 Å². The van der Waals surface area contributed by atoms with Crippen molar-refractivity contribution < 1.29 is 4.79 Å². The summed E-state index contributed by atoms with van der Waals surface area (Å²) < 4.78 is 1.89. The molecule has 2 heterocycles. The van der Waals surface area contributed by atoms with Crippen LogP contribution in [-0.2, 0) is 0 Å². The van der Waals surface area contributed by atoms with Gasteiger partial charge in [-0.3, -0.25) is 4.79 Å². The smallest absolute Gasteiger partial charge is 0.266 e. The molecule has 130 valence electrons. The summed E-state index contributed by atoms with van der Waals surface area (Å²) in [6.45, 7) is 4.13. The molecule has 1 N–H and O–H groups in total. The lowest BCUT2D eigenvalue weighted by atomic mass is 10.2. The molecular formula is C19H22N4OS. The monoisotopic (exact) mass is 354 g/mol. The SMILES string of the molecule is CCCCC/C=N/NC(=O)c1cc2c(C)nn(-c3ccccc3)c2s1. The zero-order valence-electron chi connectivity index (χ0n) is 14.5. The number of thiophene rings is 1. The van der Waals surface area contributed by atoms with Crippen LogP contribution in [0.15, 0.2) is 41.5 Å². The number of benzene rings is 1. The molecule has 0 atom stereocenters. The highest BCUT2D eigenvalue weighted by Gasteiger charge is 2.16. The molecule has 5 nitrogen and oxygen atoms in total. The van der Waals surface area contributed by atoms with Gasteiger partial charge in [0.2, 0.25) is 0 Å². The largest absolute Gasteiger partial charge is 0.281 e. The molecule has 0 unspecified atom stereocenters. The van der Waals surface area contributed by atoms with E-state index >= 15 is 0 Å². The highest BCUT2D eigenvalue weighted by Crippen LogP contribution is 2.30. The molecule has 0 aliphatic heterocycles. The van der Waals surface area contributed by atoms with Crippen molar-refractivity contribution in [3.63, 3.8) is 0 Å². The van der Waals surface area contributed by atoms with Crippen LogP contribution in [0.5, 0.6) is 0 Å². The van der Waals surface area contributed by atoms with E-state index in [1.165, 1.54) is 24.2 Å². The van der Waals surface area contributed by atoms with Gasteiger partial charge in [-0.2, -0.15) is 10.2 Å². The Morgan fingerprint density at radius 2 is 2.12 bits per heavy atom. The molecule has 1 aromatic carbocycles. The van der Waals surface area contributed by atoms with Gasteiger partial charge in [-0.1, -0.05) is 38.0 Å². The molecule has 0 fully saturated rings. The zero-order valence-corrected chi connectivity index (χ0v) is 15.3. The van der Waals surface area contributed by atoms with Crippen LogP contribution >= 0.6 is 11.3 Å². The fourth-order valence-electron chi connectivity index (χ4n) is 2.61. The van der Waals surface area contributed by atoms with Gasteiger partial charge in [-0.25, -0.2) is 10.1 Å². The second-order valence-electron chi connectivity index (χ2n) is 5.91. The minimum atomic E-state index is -0.174. The average Bonchev–Trinajstić information content (AvgIpc) is 3.19. The molecule has 25 heavy (non-hydrogen) atoms. The van der Waals surface area contributed by atoms with E-state index in [2.05, 4.69) is 22.5 Å². The van der Waals surface area contributed by atoms with Crippen LogP contribution in [0.2, 0.25) is 0 Å². The van der Waals surface area contributed by atoms with Crippen molar-refractivity contribution in [1.82, 2.24) is 15.2 Å². The van der Waals surface area contributed by atoms with Crippen LogP contribution in [0.1, 0.15) is 48.0 Å². The predicted octanol–water partition coefficient (Wildman–Crippen LogP) is 4.69. The average molecular weight is 354 g/mol. The molecule has 3 aromatic rings. The fraction of sp³-hybridized carbons (Fsp3) is 0.316. The van der Waals surface area contributed by atoms with Crippen molar-refractivity contribution in [2.45, 2.75) is 39.5 Å². The summed E-state index contributed by atoms with van der Waals surface area (Å²) in [6.07, 6.45) is 6.14. The molecule has 0 aliphatic rings. The molecule has 0 saturated carbocycles. The Hall–Kier alpha value is -2.47. The van der Waals surface area contributed by atoms with Crippen LogP contribution in [0.3, 0.4) is 0 Å². The van der Waals surface area contributed by atoms with Gasteiger partial charge in [0.15, 0.2) is 0 Å². The maximum atomic E-state index is 12.3. The van der Waals surface area contributed by atoms with Crippen molar-refractivity contribution in [2.24, 2.45) is 5.10 Å². The van der Waals surface area contributed by atoms with Crippen LogP contribution in [0.25, 0.3) is 15.9 Å². The van der Waals surface area contributed by atoms with Gasteiger partial charge in [0.05, 0.1) is 16.3 Å².